The van der Waals surface area contributed by atoms with Gasteiger partial charge in [0, 0.05) is 6.54 Å². The van der Waals surface area contributed by atoms with Crippen molar-refractivity contribution in [3.8, 4) is 0 Å². The van der Waals surface area contributed by atoms with Crippen molar-refractivity contribution in [3.05, 3.63) is 0 Å². The number of carboxylic acid groups (broad SMARTS) is 1. The van der Waals surface area contributed by atoms with Crippen molar-refractivity contribution >= 4 is 5.97 Å². The van der Waals surface area contributed by atoms with E-state index in [0.29, 0.717) is 13.0 Å². The molecule has 64 valence electrons. The first-order valence-corrected chi connectivity index (χ1v) is 3.70. The molecule has 0 spiro atoms. The highest BCUT2D eigenvalue weighted by atomic mass is 16.4. The van der Waals surface area contributed by atoms with Crippen LogP contribution in [-0.4, -0.2) is 47.3 Å². The third-order valence-electron chi connectivity index (χ3n) is 2.10. The fourth-order valence-electron chi connectivity index (χ4n) is 1.38. The molecule has 1 heterocycles. The molecule has 0 bridgehead atoms. The number of carbonyl (C=O) groups is 1. The molecular weight excluding hydrogens is 146 g/mol. The molecule has 2 atom stereocenters. The second-order valence-electron chi connectivity index (χ2n) is 3.06. The van der Waals surface area contributed by atoms with Crippen molar-refractivity contribution < 1.29 is 15.0 Å². The van der Waals surface area contributed by atoms with Crippen molar-refractivity contribution in [2.45, 2.75) is 12.5 Å². The third-order valence-corrected chi connectivity index (χ3v) is 2.10. The van der Waals surface area contributed by atoms with Crippen LogP contribution in [0.1, 0.15) is 6.42 Å². The summed E-state index contributed by atoms with van der Waals surface area (Å²) in [5.74, 6) is -1.45. The summed E-state index contributed by atoms with van der Waals surface area (Å²) >= 11 is 0. The Morgan fingerprint density at radius 2 is 2.27 bits per heavy atom. The number of aliphatic carboxylic acids is 1. The van der Waals surface area contributed by atoms with Gasteiger partial charge < -0.3 is 15.1 Å². The van der Waals surface area contributed by atoms with Crippen LogP contribution in [-0.2, 0) is 4.79 Å². The highest BCUT2D eigenvalue weighted by molar-refractivity contribution is 5.70. The molecule has 1 aliphatic heterocycles. The quantitative estimate of drug-likeness (QED) is 0.535. The van der Waals surface area contributed by atoms with Crippen molar-refractivity contribution in [1.29, 1.82) is 0 Å². The number of aliphatic hydroxyl groups excluding tert-OH is 1. The van der Waals surface area contributed by atoms with E-state index in [1.165, 1.54) is 0 Å². The SMILES string of the molecule is CN1CC[C@H](C(=O)O)[C@@H](O)C1. The van der Waals surface area contributed by atoms with E-state index in [-0.39, 0.29) is 0 Å². The lowest BCUT2D eigenvalue weighted by atomic mass is 9.94. The van der Waals surface area contributed by atoms with Crippen molar-refractivity contribution in [2.24, 2.45) is 5.92 Å². The van der Waals surface area contributed by atoms with Gasteiger partial charge in [0.25, 0.3) is 0 Å². The standard InChI is InChI=1S/C7H13NO3/c1-8-3-2-5(7(10)11)6(9)4-8/h5-6,9H,2-4H2,1H3,(H,10,11)/t5-,6-/m0/s1. The van der Waals surface area contributed by atoms with Crippen LogP contribution < -0.4 is 0 Å². The Bertz CT molecular complexity index is 160. The average Bonchev–Trinajstić information content (AvgIpc) is 1.85. The molecule has 4 heteroatoms. The minimum absolute atomic E-state index is 0.469. The second kappa shape index (κ2) is 3.19. The number of rotatable bonds is 1. The highest BCUT2D eigenvalue weighted by Crippen LogP contribution is 2.16. The molecule has 1 saturated heterocycles. The summed E-state index contributed by atoms with van der Waals surface area (Å²) in [5, 5.41) is 17.9. The molecule has 1 aliphatic rings. The number of carboxylic acids is 1. The first kappa shape index (κ1) is 8.49. The summed E-state index contributed by atoms with van der Waals surface area (Å²) in [5.41, 5.74) is 0. The monoisotopic (exact) mass is 159 g/mol. The molecule has 1 fully saturated rings. The van der Waals surface area contributed by atoms with Gasteiger partial charge in [-0.25, -0.2) is 0 Å². The number of likely N-dealkylation sites (tertiary alicyclic amines) is 1. The van der Waals surface area contributed by atoms with Crippen molar-refractivity contribution in [3.63, 3.8) is 0 Å². The Kier molecular flexibility index (Phi) is 2.46. The Labute approximate surface area is 65.4 Å². The van der Waals surface area contributed by atoms with Gasteiger partial charge in [-0.1, -0.05) is 0 Å². The zero-order valence-corrected chi connectivity index (χ0v) is 6.53. The molecule has 2 N–H and O–H groups in total. The Morgan fingerprint density at radius 1 is 1.64 bits per heavy atom. The maximum Gasteiger partial charge on any atom is 0.309 e. The van der Waals surface area contributed by atoms with Gasteiger partial charge in [0.2, 0.25) is 0 Å². The first-order chi connectivity index (χ1) is 5.11. The van der Waals surface area contributed by atoms with Crippen LogP contribution in [0.5, 0.6) is 0 Å². The van der Waals surface area contributed by atoms with Crippen LogP contribution in [0.15, 0.2) is 0 Å². The summed E-state index contributed by atoms with van der Waals surface area (Å²) in [7, 11) is 1.88. The van der Waals surface area contributed by atoms with E-state index in [1.54, 1.807) is 0 Å². The molecule has 0 unspecified atom stereocenters. The fourth-order valence-corrected chi connectivity index (χ4v) is 1.38. The van der Waals surface area contributed by atoms with Gasteiger partial charge in [0.05, 0.1) is 12.0 Å². The molecule has 0 aromatic heterocycles. The van der Waals surface area contributed by atoms with Crippen LogP contribution in [0.4, 0.5) is 0 Å². The highest BCUT2D eigenvalue weighted by Gasteiger charge is 2.30. The molecule has 0 aromatic carbocycles. The summed E-state index contributed by atoms with van der Waals surface area (Å²) in [6.45, 7) is 1.23. The number of nitrogens with zero attached hydrogens (tertiary/aromatic N) is 1. The number of hydrogen-bond acceptors (Lipinski definition) is 3. The summed E-state index contributed by atoms with van der Waals surface area (Å²) in [6.07, 6.45) is -0.154. The molecule has 0 saturated carbocycles. The summed E-state index contributed by atoms with van der Waals surface area (Å²) in [4.78, 5) is 12.4. The van der Waals surface area contributed by atoms with Gasteiger partial charge in [-0.15, -0.1) is 0 Å². The number of likely N-dealkylation sites (N-methyl/N-ethyl adjacent to an activating group) is 1. The lowest BCUT2D eigenvalue weighted by Crippen LogP contribution is -2.44. The van der Waals surface area contributed by atoms with Gasteiger partial charge >= 0.3 is 5.97 Å². The number of hydrogen-bond donors (Lipinski definition) is 2. The first-order valence-electron chi connectivity index (χ1n) is 3.70. The minimum atomic E-state index is -0.884. The third kappa shape index (κ3) is 1.91. The zero-order chi connectivity index (χ0) is 8.43. The maximum atomic E-state index is 10.5. The topological polar surface area (TPSA) is 60.8 Å². The Balaban J connectivity index is 2.50. The van der Waals surface area contributed by atoms with E-state index in [4.69, 9.17) is 5.11 Å². The zero-order valence-electron chi connectivity index (χ0n) is 6.53. The van der Waals surface area contributed by atoms with E-state index in [0.717, 1.165) is 6.54 Å². The Hall–Kier alpha value is -0.610. The lowest BCUT2D eigenvalue weighted by Gasteiger charge is -2.30. The van der Waals surface area contributed by atoms with Crippen LogP contribution in [0.25, 0.3) is 0 Å². The largest absolute Gasteiger partial charge is 0.481 e. The van der Waals surface area contributed by atoms with Gasteiger partial charge in [-0.2, -0.15) is 0 Å². The molecule has 0 amide bonds. The van der Waals surface area contributed by atoms with E-state index in [2.05, 4.69) is 0 Å². The number of piperidine rings is 1. The van der Waals surface area contributed by atoms with Gasteiger partial charge in [-0.3, -0.25) is 4.79 Å². The predicted octanol–water partition coefficient (Wildman–Crippen LogP) is -0.616. The number of aliphatic hydroxyl groups is 1. The van der Waals surface area contributed by atoms with E-state index >= 15 is 0 Å². The van der Waals surface area contributed by atoms with Crippen LogP contribution in [0.3, 0.4) is 0 Å². The van der Waals surface area contributed by atoms with E-state index < -0.39 is 18.0 Å². The van der Waals surface area contributed by atoms with Gasteiger partial charge in [0.1, 0.15) is 0 Å². The average molecular weight is 159 g/mol. The molecule has 0 radical (unpaired) electrons. The van der Waals surface area contributed by atoms with Crippen molar-refractivity contribution in [2.75, 3.05) is 20.1 Å². The van der Waals surface area contributed by atoms with Gasteiger partial charge in [0.15, 0.2) is 0 Å². The normalized spacial score (nSPS) is 33.6. The fraction of sp³-hybridized carbons (Fsp3) is 0.857. The number of β-amino-alcohol motifs (C(OH)–C–C–N with tert-alkyl or cyclic N) is 1. The summed E-state index contributed by atoms with van der Waals surface area (Å²) in [6, 6.07) is 0. The molecule has 1 rings (SSSR count). The van der Waals surface area contributed by atoms with Crippen LogP contribution in [0.2, 0.25) is 0 Å². The lowest BCUT2D eigenvalue weighted by molar-refractivity contribution is -0.148. The maximum absolute atomic E-state index is 10.5. The summed E-state index contributed by atoms with van der Waals surface area (Å²) < 4.78 is 0. The van der Waals surface area contributed by atoms with Crippen LogP contribution >= 0.6 is 0 Å². The minimum Gasteiger partial charge on any atom is -0.481 e. The van der Waals surface area contributed by atoms with Gasteiger partial charge in [-0.05, 0) is 20.0 Å². The Morgan fingerprint density at radius 3 is 2.73 bits per heavy atom. The molecule has 4 nitrogen and oxygen atoms in total. The van der Waals surface area contributed by atoms with Crippen LogP contribution in [0, 0.1) is 5.92 Å². The molecule has 11 heavy (non-hydrogen) atoms. The smallest absolute Gasteiger partial charge is 0.309 e. The second-order valence-corrected chi connectivity index (χ2v) is 3.06. The predicted molar refractivity (Wildman–Crippen MR) is 39.2 cm³/mol. The molecule has 0 aliphatic carbocycles. The van der Waals surface area contributed by atoms with Crippen molar-refractivity contribution in [1.82, 2.24) is 4.90 Å². The molecule has 0 aromatic rings. The van der Waals surface area contributed by atoms with E-state index in [9.17, 15) is 9.90 Å². The molecular formula is C7H13NO3. The van der Waals surface area contributed by atoms with E-state index in [1.807, 2.05) is 11.9 Å².